The highest BCUT2D eigenvalue weighted by molar-refractivity contribution is 6.30. The Labute approximate surface area is 121 Å². The number of amides is 1. The first-order valence-corrected chi connectivity index (χ1v) is 6.97. The Morgan fingerprint density at radius 2 is 2.10 bits per heavy atom. The Bertz CT molecular complexity index is 524. The number of hydrogen-bond donors (Lipinski definition) is 1. The lowest BCUT2D eigenvalue weighted by Crippen LogP contribution is -2.47. The van der Waals surface area contributed by atoms with Gasteiger partial charge >= 0.3 is 0 Å². The fourth-order valence-electron chi connectivity index (χ4n) is 2.50. The zero-order chi connectivity index (χ0) is 14.9. The molecule has 20 heavy (non-hydrogen) atoms. The van der Waals surface area contributed by atoms with Gasteiger partial charge in [-0.15, -0.1) is 0 Å². The highest BCUT2D eigenvalue weighted by Gasteiger charge is 2.30. The minimum atomic E-state index is -0.802. The van der Waals surface area contributed by atoms with Crippen molar-refractivity contribution in [3.8, 4) is 0 Å². The fourth-order valence-corrected chi connectivity index (χ4v) is 2.65. The van der Waals surface area contributed by atoms with E-state index in [2.05, 4.69) is 0 Å². The standard InChI is InChI=1S/C14H17ClF2N2O/c1-8-2-3-9(6-18)7-19(8)14(20)10-4-13(17)11(15)5-12(10)16/h4-5,8-9H,2-3,6-7,18H2,1H3. The molecule has 110 valence electrons. The van der Waals surface area contributed by atoms with Crippen LogP contribution in [0.25, 0.3) is 0 Å². The second-order valence-electron chi connectivity index (χ2n) is 5.23. The molecule has 1 aromatic rings. The highest BCUT2D eigenvalue weighted by Crippen LogP contribution is 2.26. The molecule has 3 nitrogen and oxygen atoms in total. The zero-order valence-corrected chi connectivity index (χ0v) is 12.0. The number of halogens is 3. The predicted molar refractivity (Wildman–Crippen MR) is 73.6 cm³/mol. The molecule has 1 heterocycles. The molecule has 0 spiro atoms. The Balaban J connectivity index is 2.28. The lowest BCUT2D eigenvalue weighted by atomic mass is 9.93. The number of carbonyl (C=O) groups is 1. The molecule has 0 bridgehead atoms. The third kappa shape index (κ3) is 2.94. The van der Waals surface area contributed by atoms with E-state index >= 15 is 0 Å². The molecule has 0 aromatic heterocycles. The molecular formula is C14H17ClF2N2O. The van der Waals surface area contributed by atoms with E-state index in [1.807, 2.05) is 6.92 Å². The fraction of sp³-hybridized carbons (Fsp3) is 0.500. The SMILES string of the molecule is CC1CCC(CN)CN1C(=O)c1cc(F)c(Cl)cc1F. The molecule has 1 amide bonds. The summed E-state index contributed by atoms with van der Waals surface area (Å²) in [5.41, 5.74) is 5.35. The second-order valence-corrected chi connectivity index (χ2v) is 5.64. The van der Waals surface area contributed by atoms with Crippen LogP contribution in [0.4, 0.5) is 8.78 Å². The quantitative estimate of drug-likeness (QED) is 0.854. The van der Waals surface area contributed by atoms with E-state index in [9.17, 15) is 13.6 Å². The van der Waals surface area contributed by atoms with Gasteiger partial charge in [0.1, 0.15) is 11.6 Å². The van der Waals surface area contributed by atoms with Crippen molar-refractivity contribution in [2.24, 2.45) is 11.7 Å². The van der Waals surface area contributed by atoms with E-state index in [0.29, 0.717) is 13.1 Å². The number of nitrogens with zero attached hydrogens (tertiary/aromatic N) is 1. The van der Waals surface area contributed by atoms with Gasteiger partial charge in [0.05, 0.1) is 10.6 Å². The molecule has 2 N–H and O–H groups in total. The van der Waals surface area contributed by atoms with Crippen LogP contribution in [0.1, 0.15) is 30.1 Å². The summed E-state index contributed by atoms with van der Waals surface area (Å²) in [5.74, 6) is -1.90. The molecule has 1 aromatic carbocycles. The average Bonchev–Trinajstić information content (AvgIpc) is 2.42. The van der Waals surface area contributed by atoms with Crippen LogP contribution >= 0.6 is 11.6 Å². The molecule has 1 aliphatic rings. The van der Waals surface area contributed by atoms with Crippen molar-refractivity contribution in [2.45, 2.75) is 25.8 Å². The molecule has 2 unspecified atom stereocenters. The van der Waals surface area contributed by atoms with Crippen molar-refractivity contribution in [1.29, 1.82) is 0 Å². The van der Waals surface area contributed by atoms with Crippen LogP contribution < -0.4 is 5.73 Å². The maximum atomic E-state index is 13.8. The summed E-state index contributed by atoms with van der Waals surface area (Å²) < 4.78 is 27.3. The number of hydrogen-bond acceptors (Lipinski definition) is 2. The van der Waals surface area contributed by atoms with Gasteiger partial charge in [-0.3, -0.25) is 4.79 Å². The van der Waals surface area contributed by atoms with Gasteiger partial charge in [-0.1, -0.05) is 11.6 Å². The van der Waals surface area contributed by atoms with E-state index in [-0.39, 0.29) is 22.5 Å². The molecule has 0 aliphatic carbocycles. The summed E-state index contributed by atoms with van der Waals surface area (Å²) in [5, 5.41) is -0.328. The molecule has 1 aliphatic heterocycles. The van der Waals surface area contributed by atoms with Gasteiger partial charge in [0, 0.05) is 12.6 Å². The number of piperidine rings is 1. The number of rotatable bonds is 2. The van der Waals surface area contributed by atoms with Gasteiger partial charge in [0.2, 0.25) is 0 Å². The summed E-state index contributed by atoms with van der Waals surface area (Å²) in [6, 6.07) is 1.68. The number of likely N-dealkylation sites (tertiary alicyclic amines) is 1. The normalized spacial score (nSPS) is 22.9. The van der Waals surface area contributed by atoms with Gasteiger partial charge in [-0.25, -0.2) is 8.78 Å². The van der Waals surface area contributed by atoms with Crippen LogP contribution in [0, 0.1) is 17.6 Å². The second kappa shape index (κ2) is 6.06. The minimum Gasteiger partial charge on any atom is -0.336 e. The van der Waals surface area contributed by atoms with Crippen LogP contribution in [0.5, 0.6) is 0 Å². The van der Waals surface area contributed by atoms with Crippen LogP contribution in [0.3, 0.4) is 0 Å². The van der Waals surface area contributed by atoms with E-state index in [1.54, 1.807) is 4.90 Å². The predicted octanol–water partition coefficient (Wildman–Crippen LogP) is 2.82. The maximum Gasteiger partial charge on any atom is 0.257 e. The van der Waals surface area contributed by atoms with Gasteiger partial charge in [-0.2, -0.15) is 0 Å². The molecular weight excluding hydrogens is 286 g/mol. The van der Waals surface area contributed by atoms with E-state index in [1.165, 1.54) is 0 Å². The van der Waals surface area contributed by atoms with Crippen LogP contribution in [0.15, 0.2) is 12.1 Å². The van der Waals surface area contributed by atoms with Crippen molar-refractivity contribution in [3.05, 3.63) is 34.4 Å². The lowest BCUT2D eigenvalue weighted by molar-refractivity contribution is 0.0561. The monoisotopic (exact) mass is 302 g/mol. The van der Waals surface area contributed by atoms with Crippen molar-refractivity contribution in [1.82, 2.24) is 4.90 Å². The summed E-state index contributed by atoms with van der Waals surface area (Å²) in [6.07, 6.45) is 1.75. The number of nitrogens with two attached hydrogens (primary N) is 1. The van der Waals surface area contributed by atoms with E-state index < -0.39 is 17.5 Å². The topological polar surface area (TPSA) is 46.3 Å². The van der Waals surface area contributed by atoms with Crippen LogP contribution in [-0.4, -0.2) is 29.9 Å². The summed E-state index contributed by atoms with van der Waals surface area (Å²) in [4.78, 5) is 14.0. The molecule has 0 radical (unpaired) electrons. The highest BCUT2D eigenvalue weighted by atomic mass is 35.5. The lowest BCUT2D eigenvalue weighted by Gasteiger charge is -2.37. The molecule has 0 saturated carbocycles. The van der Waals surface area contributed by atoms with Crippen LogP contribution in [0.2, 0.25) is 5.02 Å². The maximum absolute atomic E-state index is 13.8. The zero-order valence-electron chi connectivity index (χ0n) is 11.2. The molecule has 2 rings (SSSR count). The third-order valence-corrected chi connectivity index (χ3v) is 4.10. The first kappa shape index (κ1) is 15.2. The van der Waals surface area contributed by atoms with Crippen molar-refractivity contribution in [2.75, 3.05) is 13.1 Å². The Morgan fingerprint density at radius 1 is 1.40 bits per heavy atom. The smallest absolute Gasteiger partial charge is 0.257 e. The van der Waals surface area contributed by atoms with Crippen LogP contribution in [-0.2, 0) is 0 Å². The van der Waals surface area contributed by atoms with Gasteiger partial charge in [0.15, 0.2) is 0 Å². The summed E-state index contributed by atoms with van der Waals surface area (Å²) >= 11 is 5.49. The summed E-state index contributed by atoms with van der Waals surface area (Å²) in [6.45, 7) is 2.85. The Hall–Kier alpha value is -1.20. The average molecular weight is 303 g/mol. The minimum absolute atomic E-state index is 0.0107. The molecule has 1 fully saturated rings. The number of carbonyl (C=O) groups excluding carboxylic acids is 1. The van der Waals surface area contributed by atoms with Gasteiger partial charge in [0.25, 0.3) is 5.91 Å². The summed E-state index contributed by atoms with van der Waals surface area (Å²) in [7, 11) is 0. The van der Waals surface area contributed by atoms with E-state index in [0.717, 1.165) is 25.0 Å². The third-order valence-electron chi connectivity index (χ3n) is 3.81. The molecule has 6 heteroatoms. The van der Waals surface area contributed by atoms with E-state index in [4.69, 9.17) is 17.3 Å². The number of benzene rings is 1. The largest absolute Gasteiger partial charge is 0.336 e. The van der Waals surface area contributed by atoms with Crippen molar-refractivity contribution in [3.63, 3.8) is 0 Å². The van der Waals surface area contributed by atoms with Crippen molar-refractivity contribution >= 4 is 17.5 Å². The van der Waals surface area contributed by atoms with Gasteiger partial charge < -0.3 is 10.6 Å². The first-order valence-electron chi connectivity index (χ1n) is 6.59. The Morgan fingerprint density at radius 3 is 2.75 bits per heavy atom. The molecule has 2 atom stereocenters. The molecule has 1 saturated heterocycles. The Kier molecular flexibility index (Phi) is 4.60. The van der Waals surface area contributed by atoms with Crippen molar-refractivity contribution < 1.29 is 13.6 Å². The van der Waals surface area contributed by atoms with Gasteiger partial charge in [-0.05, 0) is 44.4 Å². The first-order chi connectivity index (χ1) is 9.43.